The molecule has 0 saturated carbocycles. The molecule has 168 valence electrons. The molecule has 3 aromatic heterocycles. The minimum absolute atomic E-state index is 0.0727. The number of thioether (sulfide) groups is 1. The number of anilines is 1. The zero-order chi connectivity index (χ0) is 22.9. The number of nitrogens with zero attached hydrogens (tertiary/aromatic N) is 3. The first-order chi connectivity index (χ1) is 16.0. The molecule has 33 heavy (non-hydrogen) atoms. The minimum atomic E-state index is -0.247. The standard InChI is InChI=1S/C24H21ClN4O2S2/c1-14-9-10-16-18(12-14)33-22-20(16)23(31)29(15-6-3-2-4-7-15)24(28-22)32-13-19(30)27-17-8-5-11-26-21(17)25/h2-8,11,14H,9-10,12-13H2,1H3,(H,27,30). The number of benzene rings is 1. The molecular weight excluding hydrogens is 476 g/mol. The largest absolute Gasteiger partial charge is 0.323 e. The van der Waals surface area contributed by atoms with Crippen LogP contribution < -0.4 is 10.9 Å². The zero-order valence-corrected chi connectivity index (χ0v) is 20.3. The second kappa shape index (κ2) is 9.29. The average molecular weight is 497 g/mol. The van der Waals surface area contributed by atoms with E-state index < -0.39 is 0 Å². The molecule has 0 bridgehead atoms. The number of carbonyl (C=O) groups is 1. The van der Waals surface area contributed by atoms with Gasteiger partial charge in [-0.1, -0.05) is 48.5 Å². The molecule has 1 amide bonds. The number of carbonyl (C=O) groups excluding carboxylic acids is 1. The molecule has 0 radical (unpaired) electrons. The van der Waals surface area contributed by atoms with E-state index in [-0.39, 0.29) is 22.4 Å². The maximum atomic E-state index is 13.7. The molecule has 1 N–H and O–H groups in total. The average Bonchev–Trinajstić information content (AvgIpc) is 3.17. The van der Waals surface area contributed by atoms with Crippen LogP contribution in [0, 0.1) is 5.92 Å². The van der Waals surface area contributed by atoms with Crippen LogP contribution in [0.15, 0.2) is 58.6 Å². The summed E-state index contributed by atoms with van der Waals surface area (Å²) in [5.74, 6) is 0.444. The summed E-state index contributed by atoms with van der Waals surface area (Å²) < 4.78 is 1.63. The van der Waals surface area contributed by atoms with Crippen LogP contribution in [0.2, 0.25) is 5.15 Å². The lowest BCUT2D eigenvalue weighted by Gasteiger charge is -2.17. The molecule has 4 aromatic rings. The van der Waals surface area contributed by atoms with Crippen LogP contribution in [0.5, 0.6) is 0 Å². The van der Waals surface area contributed by atoms with Crippen molar-refractivity contribution < 1.29 is 4.79 Å². The molecule has 1 atom stereocenters. The van der Waals surface area contributed by atoms with Crippen LogP contribution in [-0.2, 0) is 17.6 Å². The molecule has 1 aromatic carbocycles. The first-order valence-electron chi connectivity index (χ1n) is 10.7. The Balaban J connectivity index is 1.52. The van der Waals surface area contributed by atoms with Gasteiger partial charge in [0, 0.05) is 11.1 Å². The second-order valence-corrected chi connectivity index (χ2v) is 10.5. The molecule has 5 rings (SSSR count). The summed E-state index contributed by atoms with van der Waals surface area (Å²) in [6.07, 6.45) is 4.53. The summed E-state index contributed by atoms with van der Waals surface area (Å²) in [7, 11) is 0. The fourth-order valence-corrected chi connectivity index (χ4v) is 6.47. The van der Waals surface area contributed by atoms with Crippen LogP contribution >= 0.6 is 34.7 Å². The molecular formula is C24H21ClN4O2S2. The van der Waals surface area contributed by atoms with Gasteiger partial charge in [0.1, 0.15) is 4.83 Å². The highest BCUT2D eigenvalue weighted by molar-refractivity contribution is 7.99. The summed E-state index contributed by atoms with van der Waals surface area (Å²) in [5, 5.41) is 4.22. The molecule has 0 aliphatic heterocycles. The first kappa shape index (κ1) is 22.1. The Morgan fingerprint density at radius 3 is 2.88 bits per heavy atom. The summed E-state index contributed by atoms with van der Waals surface area (Å²) in [6, 6.07) is 12.9. The van der Waals surface area contributed by atoms with Crippen LogP contribution in [0.25, 0.3) is 15.9 Å². The second-order valence-electron chi connectivity index (χ2n) is 8.08. The van der Waals surface area contributed by atoms with E-state index in [2.05, 4.69) is 17.2 Å². The molecule has 1 aliphatic carbocycles. The Labute approximate surface area is 204 Å². The number of nitrogens with one attached hydrogen (secondary N) is 1. The molecule has 0 spiro atoms. The number of halogens is 1. The van der Waals surface area contributed by atoms with Gasteiger partial charge in [-0.2, -0.15) is 0 Å². The maximum absolute atomic E-state index is 13.7. The highest BCUT2D eigenvalue weighted by Crippen LogP contribution is 2.37. The topological polar surface area (TPSA) is 76.9 Å². The van der Waals surface area contributed by atoms with Gasteiger partial charge in [0.25, 0.3) is 5.56 Å². The number of thiophene rings is 1. The van der Waals surface area contributed by atoms with Gasteiger partial charge < -0.3 is 5.32 Å². The number of fused-ring (bicyclic) bond motifs is 3. The minimum Gasteiger partial charge on any atom is -0.323 e. The number of para-hydroxylation sites is 1. The number of amides is 1. The quantitative estimate of drug-likeness (QED) is 0.229. The molecule has 0 saturated heterocycles. The van der Waals surface area contributed by atoms with E-state index in [0.29, 0.717) is 16.8 Å². The molecule has 9 heteroatoms. The van der Waals surface area contributed by atoms with Crippen LogP contribution in [-0.4, -0.2) is 26.2 Å². The van der Waals surface area contributed by atoms with E-state index in [1.54, 1.807) is 34.2 Å². The summed E-state index contributed by atoms with van der Waals surface area (Å²) in [4.78, 5) is 37.2. The monoisotopic (exact) mass is 496 g/mol. The van der Waals surface area contributed by atoms with Crippen molar-refractivity contribution in [3.05, 3.63) is 74.6 Å². The van der Waals surface area contributed by atoms with Gasteiger partial charge in [0.15, 0.2) is 10.3 Å². The lowest BCUT2D eigenvalue weighted by molar-refractivity contribution is -0.113. The molecule has 1 aliphatic rings. The third-order valence-corrected chi connectivity index (χ3v) is 8.07. The van der Waals surface area contributed by atoms with Crippen molar-refractivity contribution >= 4 is 56.5 Å². The Morgan fingerprint density at radius 2 is 2.09 bits per heavy atom. The van der Waals surface area contributed by atoms with Crippen LogP contribution in [0.4, 0.5) is 5.69 Å². The van der Waals surface area contributed by atoms with E-state index in [1.165, 1.54) is 16.6 Å². The number of aromatic nitrogens is 3. The fraction of sp³-hybridized carbons (Fsp3) is 0.250. The SMILES string of the molecule is CC1CCc2c(sc3nc(SCC(=O)Nc4cccnc4Cl)n(-c4ccccc4)c(=O)c23)C1. The van der Waals surface area contributed by atoms with Gasteiger partial charge in [-0.3, -0.25) is 14.2 Å². The summed E-state index contributed by atoms with van der Waals surface area (Å²) >= 11 is 8.89. The fourth-order valence-electron chi connectivity index (χ4n) is 4.07. The predicted molar refractivity (Wildman–Crippen MR) is 135 cm³/mol. The number of aryl methyl sites for hydroxylation is 1. The molecule has 3 heterocycles. The zero-order valence-electron chi connectivity index (χ0n) is 17.9. The number of pyridine rings is 1. The van der Waals surface area contributed by atoms with Crippen molar-refractivity contribution in [3.63, 3.8) is 0 Å². The van der Waals surface area contributed by atoms with Crippen molar-refractivity contribution in [2.45, 2.75) is 31.3 Å². The van der Waals surface area contributed by atoms with Gasteiger partial charge >= 0.3 is 0 Å². The highest BCUT2D eigenvalue weighted by Gasteiger charge is 2.25. The highest BCUT2D eigenvalue weighted by atomic mass is 35.5. The predicted octanol–water partition coefficient (Wildman–Crippen LogP) is 5.35. The van der Waals surface area contributed by atoms with E-state index in [9.17, 15) is 9.59 Å². The van der Waals surface area contributed by atoms with E-state index in [0.717, 1.165) is 40.7 Å². The lowest BCUT2D eigenvalue weighted by atomic mass is 9.89. The molecule has 0 fully saturated rings. The van der Waals surface area contributed by atoms with Gasteiger partial charge in [-0.05, 0) is 55.0 Å². The number of hydrogen-bond acceptors (Lipinski definition) is 6. The first-order valence-corrected chi connectivity index (χ1v) is 12.8. The summed E-state index contributed by atoms with van der Waals surface area (Å²) in [6.45, 7) is 2.25. The Hall–Kier alpha value is -2.68. The van der Waals surface area contributed by atoms with Crippen LogP contribution in [0.1, 0.15) is 23.8 Å². The van der Waals surface area contributed by atoms with Crippen molar-refractivity contribution in [2.75, 3.05) is 11.1 Å². The maximum Gasteiger partial charge on any atom is 0.267 e. The van der Waals surface area contributed by atoms with E-state index in [1.807, 2.05) is 30.3 Å². The van der Waals surface area contributed by atoms with Gasteiger partial charge in [-0.25, -0.2) is 9.97 Å². The van der Waals surface area contributed by atoms with Crippen molar-refractivity contribution in [2.24, 2.45) is 5.92 Å². The smallest absolute Gasteiger partial charge is 0.267 e. The van der Waals surface area contributed by atoms with Crippen molar-refractivity contribution in [1.82, 2.24) is 14.5 Å². The number of hydrogen-bond donors (Lipinski definition) is 1. The normalized spacial score (nSPS) is 15.4. The third kappa shape index (κ3) is 4.43. The molecule has 6 nitrogen and oxygen atoms in total. The van der Waals surface area contributed by atoms with E-state index in [4.69, 9.17) is 16.6 Å². The Kier molecular flexibility index (Phi) is 6.23. The number of rotatable bonds is 5. The van der Waals surface area contributed by atoms with Gasteiger partial charge in [0.05, 0.1) is 22.5 Å². The van der Waals surface area contributed by atoms with Gasteiger partial charge in [-0.15, -0.1) is 11.3 Å². The van der Waals surface area contributed by atoms with Crippen molar-refractivity contribution in [1.29, 1.82) is 0 Å². The Bertz CT molecular complexity index is 1400. The summed E-state index contributed by atoms with van der Waals surface area (Å²) in [5.41, 5.74) is 2.26. The Morgan fingerprint density at radius 1 is 1.27 bits per heavy atom. The lowest BCUT2D eigenvalue weighted by Crippen LogP contribution is -2.23. The van der Waals surface area contributed by atoms with Crippen molar-refractivity contribution in [3.8, 4) is 5.69 Å². The van der Waals surface area contributed by atoms with Gasteiger partial charge in [0.2, 0.25) is 5.91 Å². The molecule has 1 unspecified atom stereocenters. The third-order valence-electron chi connectivity index (χ3n) is 5.68. The van der Waals surface area contributed by atoms with E-state index >= 15 is 0 Å². The van der Waals surface area contributed by atoms with Crippen LogP contribution in [0.3, 0.4) is 0 Å².